The topological polar surface area (TPSA) is 84.9 Å². The number of benzene rings is 2. The van der Waals surface area contributed by atoms with Crippen LogP contribution in [0, 0.1) is 5.82 Å². The predicted octanol–water partition coefficient (Wildman–Crippen LogP) is 4.20. The van der Waals surface area contributed by atoms with Gasteiger partial charge in [0.05, 0.1) is 6.54 Å². The fourth-order valence-electron chi connectivity index (χ4n) is 4.04. The number of halogens is 4. The monoisotopic (exact) mass is 457 g/mol. The van der Waals surface area contributed by atoms with Crippen molar-refractivity contribution in [3.63, 3.8) is 0 Å². The van der Waals surface area contributed by atoms with E-state index in [4.69, 9.17) is 5.73 Å². The van der Waals surface area contributed by atoms with E-state index in [2.05, 4.69) is 20.5 Å². The molecule has 1 aliphatic heterocycles. The summed E-state index contributed by atoms with van der Waals surface area (Å²) in [4.78, 5) is 5.86. The smallest absolute Gasteiger partial charge is 0.383 e. The summed E-state index contributed by atoms with van der Waals surface area (Å²) < 4.78 is 55.0. The summed E-state index contributed by atoms with van der Waals surface area (Å²) in [5, 5.41) is 11.9. The molecule has 3 heterocycles. The highest BCUT2D eigenvalue weighted by Crippen LogP contribution is 2.31. The maximum absolute atomic E-state index is 14.9. The number of hydrogen-bond acceptors (Lipinski definition) is 6. The summed E-state index contributed by atoms with van der Waals surface area (Å²) in [5.41, 5.74) is 7.76. The minimum Gasteiger partial charge on any atom is -0.383 e. The quantitative estimate of drug-likeness (QED) is 0.447. The van der Waals surface area contributed by atoms with Crippen molar-refractivity contribution in [1.82, 2.24) is 19.7 Å². The standard InChI is InChI=1S/C22H19F4N7/c23-17-10-14(32-8-9-33-19(12-32)30-31-21(33)22(24,25)26)5-4-13(17)11-29-18-3-1-2-16-15(18)6-7-28-20(16)27/h1-7,10,29H,8-9,11-12H2,(H2,27,28). The third kappa shape index (κ3) is 3.90. The molecule has 5 rings (SSSR count). The highest BCUT2D eigenvalue weighted by atomic mass is 19.4. The second-order valence-corrected chi connectivity index (χ2v) is 7.74. The van der Waals surface area contributed by atoms with Crippen LogP contribution in [0.5, 0.6) is 0 Å². The molecule has 0 radical (unpaired) electrons. The molecule has 7 nitrogen and oxygen atoms in total. The van der Waals surface area contributed by atoms with Crippen molar-refractivity contribution in [1.29, 1.82) is 0 Å². The first-order valence-corrected chi connectivity index (χ1v) is 10.2. The highest BCUT2D eigenvalue weighted by Gasteiger charge is 2.39. The minimum absolute atomic E-state index is 0.0706. The van der Waals surface area contributed by atoms with Crippen LogP contribution in [0.25, 0.3) is 10.8 Å². The van der Waals surface area contributed by atoms with Gasteiger partial charge in [0.25, 0.3) is 0 Å². The molecule has 33 heavy (non-hydrogen) atoms. The summed E-state index contributed by atoms with van der Waals surface area (Å²) in [6.07, 6.45) is -2.93. The molecule has 2 aromatic heterocycles. The van der Waals surface area contributed by atoms with Gasteiger partial charge in [-0.05, 0) is 24.3 Å². The summed E-state index contributed by atoms with van der Waals surface area (Å²) in [6, 6.07) is 12.2. The lowest BCUT2D eigenvalue weighted by Gasteiger charge is -2.30. The number of fused-ring (bicyclic) bond motifs is 2. The molecular weight excluding hydrogens is 438 g/mol. The van der Waals surface area contributed by atoms with Crippen LogP contribution in [0.1, 0.15) is 17.2 Å². The van der Waals surface area contributed by atoms with Crippen molar-refractivity contribution in [3.05, 3.63) is 71.7 Å². The number of rotatable bonds is 4. The third-order valence-electron chi connectivity index (χ3n) is 5.71. The van der Waals surface area contributed by atoms with Crippen LogP contribution in [0.4, 0.5) is 34.8 Å². The number of alkyl halides is 3. The Morgan fingerprint density at radius 2 is 1.88 bits per heavy atom. The molecule has 0 bridgehead atoms. The summed E-state index contributed by atoms with van der Waals surface area (Å²) in [5.74, 6) is -0.795. The molecule has 0 amide bonds. The molecule has 0 saturated carbocycles. The Morgan fingerprint density at radius 1 is 1.03 bits per heavy atom. The van der Waals surface area contributed by atoms with Crippen molar-refractivity contribution in [2.45, 2.75) is 25.8 Å². The zero-order valence-electron chi connectivity index (χ0n) is 17.3. The average Bonchev–Trinajstić information content (AvgIpc) is 3.22. The molecule has 0 saturated heterocycles. The SMILES string of the molecule is Nc1nccc2c(NCc3ccc(N4CCn5c(nnc5C(F)(F)F)C4)cc3F)cccc12. The van der Waals surface area contributed by atoms with Gasteiger partial charge in [-0.1, -0.05) is 18.2 Å². The number of nitrogen functional groups attached to an aromatic ring is 1. The van der Waals surface area contributed by atoms with Crippen LogP contribution in [0.15, 0.2) is 48.7 Å². The number of aromatic nitrogens is 4. The maximum atomic E-state index is 14.9. The van der Waals surface area contributed by atoms with Gasteiger partial charge >= 0.3 is 6.18 Å². The van der Waals surface area contributed by atoms with Gasteiger partial charge < -0.3 is 20.5 Å². The summed E-state index contributed by atoms with van der Waals surface area (Å²) in [6.45, 7) is 0.722. The number of nitrogens with zero attached hydrogens (tertiary/aromatic N) is 5. The highest BCUT2D eigenvalue weighted by molar-refractivity contribution is 5.99. The first-order chi connectivity index (χ1) is 15.8. The molecule has 0 unspecified atom stereocenters. The Bertz CT molecular complexity index is 1330. The Balaban J connectivity index is 1.32. The maximum Gasteiger partial charge on any atom is 0.451 e. The number of anilines is 3. The Labute approximate surface area is 185 Å². The van der Waals surface area contributed by atoms with Gasteiger partial charge in [-0.25, -0.2) is 9.37 Å². The van der Waals surface area contributed by atoms with Gasteiger partial charge in [0.15, 0.2) is 5.82 Å². The molecule has 0 atom stereocenters. The van der Waals surface area contributed by atoms with Gasteiger partial charge in [-0.3, -0.25) is 0 Å². The zero-order valence-corrected chi connectivity index (χ0v) is 17.3. The van der Waals surface area contributed by atoms with Crippen LogP contribution in [-0.4, -0.2) is 26.3 Å². The first kappa shape index (κ1) is 21.0. The molecule has 2 aromatic carbocycles. The van der Waals surface area contributed by atoms with E-state index < -0.39 is 17.8 Å². The Kier molecular flexibility index (Phi) is 5.03. The van der Waals surface area contributed by atoms with Crippen molar-refractivity contribution in [2.75, 3.05) is 22.5 Å². The predicted molar refractivity (Wildman–Crippen MR) is 116 cm³/mol. The molecule has 0 aliphatic carbocycles. The van der Waals surface area contributed by atoms with E-state index in [9.17, 15) is 17.6 Å². The van der Waals surface area contributed by atoms with E-state index in [-0.39, 0.29) is 32.0 Å². The van der Waals surface area contributed by atoms with Gasteiger partial charge in [0.2, 0.25) is 5.82 Å². The van der Waals surface area contributed by atoms with E-state index in [1.54, 1.807) is 23.2 Å². The number of nitrogens with one attached hydrogen (secondary N) is 1. The molecular formula is C22H19F4N7. The third-order valence-corrected chi connectivity index (χ3v) is 5.71. The van der Waals surface area contributed by atoms with E-state index in [0.717, 1.165) is 21.0 Å². The molecule has 1 aliphatic rings. The van der Waals surface area contributed by atoms with Crippen molar-refractivity contribution in [3.8, 4) is 0 Å². The van der Waals surface area contributed by atoms with Crippen LogP contribution < -0.4 is 16.0 Å². The molecule has 11 heteroatoms. The van der Waals surface area contributed by atoms with Crippen LogP contribution in [0.3, 0.4) is 0 Å². The van der Waals surface area contributed by atoms with E-state index in [0.29, 0.717) is 17.1 Å². The van der Waals surface area contributed by atoms with Crippen LogP contribution in [0.2, 0.25) is 0 Å². The fraction of sp³-hybridized carbons (Fsp3) is 0.227. The number of nitrogens with two attached hydrogens (primary N) is 1. The Hall–Kier alpha value is -3.89. The van der Waals surface area contributed by atoms with E-state index >= 15 is 0 Å². The molecule has 0 spiro atoms. The van der Waals surface area contributed by atoms with Crippen LogP contribution in [-0.2, 0) is 25.8 Å². The van der Waals surface area contributed by atoms with Crippen molar-refractivity contribution < 1.29 is 17.6 Å². The number of hydrogen-bond donors (Lipinski definition) is 2. The summed E-state index contributed by atoms with van der Waals surface area (Å²) in [7, 11) is 0. The van der Waals surface area contributed by atoms with Crippen molar-refractivity contribution >= 4 is 28.0 Å². The fourth-order valence-corrected chi connectivity index (χ4v) is 4.04. The molecule has 4 aromatic rings. The van der Waals surface area contributed by atoms with Crippen molar-refractivity contribution in [2.24, 2.45) is 0 Å². The zero-order chi connectivity index (χ0) is 23.2. The van der Waals surface area contributed by atoms with Gasteiger partial charge in [-0.2, -0.15) is 13.2 Å². The molecule has 3 N–H and O–H groups in total. The van der Waals surface area contributed by atoms with Gasteiger partial charge in [-0.15, -0.1) is 10.2 Å². The second kappa shape index (κ2) is 7.91. The second-order valence-electron chi connectivity index (χ2n) is 7.74. The van der Waals surface area contributed by atoms with Gasteiger partial charge in [0, 0.05) is 53.5 Å². The Morgan fingerprint density at radius 3 is 2.67 bits per heavy atom. The minimum atomic E-state index is -4.56. The lowest BCUT2D eigenvalue weighted by atomic mass is 10.1. The molecule has 0 fully saturated rings. The van der Waals surface area contributed by atoms with Crippen LogP contribution >= 0.6 is 0 Å². The first-order valence-electron chi connectivity index (χ1n) is 10.2. The average molecular weight is 457 g/mol. The lowest BCUT2D eigenvalue weighted by Crippen LogP contribution is -2.35. The molecule has 170 valence electrons. The number of pyridine rings is 1. The largest absolute Gasteiger partial charge is 0.451 e. The lowest BCUT2D eigenvalue weighted by molar-refractivity contribution is -0.147. The van der Waals surface area contributed by atoms with E-state index in [1.807, 2.05) is 24.3 Å². The van der Waals surface area contributed by atoms with Gasteiger partial charge in [0.1, 0.15) is 11.6 Å². The summed E-state index contributed by atoms with van der Waals surface area (Å²) >= 11 is 0. The van der Waals surface area contributed by atoms with E-state index in [1.165, 1.54) is 6.07 Å². The normalized spacial score (nSPS) is 13.9.